The highest BCUT2D eigenvalue weighted by Crippen LogP contribution is 2.42. The molecule has 0 aromatic heterocycles. The first kappa shape index (κ1) is 26.1. The third kappa shape index (κ3) is 5.79. The molecule has 2 fully saturated rings. The Hall–Kier alpha value is -3.56. The molecule has 196 valence electrons. The summed E-state index contributed by atoms with van der Waals surface area (Å²) in [5.74, 6) is -2.10. The molecule has 1 aliphatic carbocycles. The molecule has 1 saturated heterocycles. The summed E-state index contributed by atoms with van der Waals surface area (Å²) < 4.78 is 26.9. The van der Waals surface area contributed by atoms with E-state index in [-0.39, 0.29) is 17.0 Å². The van der Waals surface area contributed by atoms with E-state index in [0.717, 1.165) is 49.2 Å². The first-order valence-electron chi connectivity index (χ1n) is 13.6. The molecule has 0 radical (unpaired) electrons. The van der Waals surface area contributed by atoms with Crippen molar-refractivity contribution in [2.24, 2.45) is 0 Å². The van der Waals surface area contributed by atoms with E-state index in [1.165, 1.54) is 37.3 Å². The number of halogens is 2. The Morgan fingerprint density at radius 2 is 1.68 bits per heavy atom. The van der Waals surface area contributed by atoms with Gasteiger partial charge in [-0.25, -0.2) is 8.78 Å². The summed E-state index contributed by atoms with van der Waals surface area (Å²) in [5, 5.41) is 12.0. The van der Waals surface area contributed by atoms with E-state index in [4.69, 9.17) is 0 Å². The first-order chi connectivity index (χ1) is 18.5. The van der Waals surface area contributed by atoms with E-state index in [1.807, 2.05) is 18.2 Å². The maximum Gasteiger partial charge on any atom is 0.224 e. The SMILES string of the molecule is N#Cc1cccc(-c2ccc(C3(CCC(=O)Nc4ccc(F)c(F)c4)CCN(C4CCCC4)CC3)cc2)c1. The molecule has 0 spiro atoms. The van der Waals surface area contributed by atoms with Gasteiger partial charge in [-0.3, -0.25) is 4.79 Å². The zero-order valence-electron chi connectivity index (χ0n) is 21.6. The lowest BCUT2D eigenvalue weighted by Gasteiger charge is -2.44. The number of anilines is 1. The van der Waals surface area contributed by atoms with Gasteiger partial charge >= 0.3 is 0 Å². The van der Waals surface area contributed by atoms with Crippen molar-refractivity contribution >= 4 is 11.6 Å². The molecule has 1 aliphatic heterocycles. The van der Waals surface area contributed by atoms with Gasteiger partial charge < -0.3 is 10.2 Å². The van der Waals surface area contributed by atoms with E-state index in [9.17, 15) is 18.8 Å². The standard InChI is InChI=1S/C32H33F2N3O/c33-29-13-12-27(21-30(29)34)36-31(38)14-15-32(16-18-37(19-17-32)28-6-1-2-7-28)26-10-8-24(9-11-26)25-5-3-4-23(20-25)22-35/h3-5,8-13,20-21,28H,1-2,6-7,14-19H2,(H,36,38). The number of likely N-dealkylation sites (tertiary alicyclic amines) is 1. The third-order valence-electron chi connectivity index (χ3n) is 8.45. The summed E-state index contributed by atoms with van der Waals surface area (Å²) in [5.41, 5.74) is 4.06. The van der Waals surface area contributed by atoms with E-state index < -0.39 is 11.6 Å². The third-order valence-corrected chi connectivity index (χ3v) is 8.45. The molecule has 1 N–H and O–H groups in total. The second-order valence-electron chi connectivity index (χ2n) is 10.7. The average Bonchev–Trinajstić information content (AvgIpc) is 3.50. The number of hydrogen-bond acceptors (Lipinski definition) is 3. The second-order valence-corrected chi connectivity index (χ2v) is 10.7. The number of nitrogens with one attached hydrogen (secondary N) is 1. The van der Waals surface area contributed by atoms with Crippen LogP contribution in [-0.2, 0) is 10.2 Å². The van der Waals surface area contributed by atoms with Crippen molar-refractivity contribution in [2.75, 3.05) is 18.4 Å². The molecular weight excluding hydrogens is 480 g/mol. The zero-order chi connectivity index (χ0) is 26.5. The predicted octanol–water partition coefficient (Wildman–Crippen LogP) is 7.20. The Morgan fingerprint density at radius 3 is 2.37 bits per heavy atom. The van der Waals surface area contributed by atoms with Gasteiger partial charge in [0.1, 0.15) is 0 Å². The van der Waals surface area contributed by atoms with E-state index in [2.05, 4.69) is 40.6 Å². The van der Waals surface area contributed by atoms with Crippen LogP contribution in [0.3, 0.4) is 0 Å². The molecule has 0 bridgehead atoms. The highest BCUT2D eigenvalue weighted by atomic mass is 19.2. The molecule has 38 heavy (non-hydrogen) atoms. The minimum atomic E-state index is -0.973. The number of rotatable bonds is 7. The Morgan fingerprint density at radius 1 is 0.947 bits per heavy atom. The van der Waals surface area contributed by atoms with Gasteiger partial charge in [0, 0.05) is 24.2 Å². The van der Waals surface area contributed by atoms with Crippen molar-refractivity contribution in [3.63, 3.8) is 0 Å². The molecule has 3 aromatic rings. The van der Waals surface area contributed by atoms with Crippen molar-refractivity contribution in [1.82, 2.24) is 4.90 Å². The fourth-order valence-electron chi connectivity index (χ4n) is 6.20. The van der Waals surface area contributed by atoms with Gasteiger partial charge in [-0.15, -0.1) is 0 Å². The molecule has 6 heteroatoms. The summed E-state index contributed by atoms with van der Waals surface area (Å²) in [7, 11) is 0. The topological polar surface area (TPSA) is 56.1 Å². The van der Waals surface area contributed by atoms with Gasteiger partial charge in [0.2, 0.25) is 5.91 Å². The van der Waals surface area contributed by atoms with Crippen molar-refractivity contribution < 1.29 is 13.6 Å². The van der Waals surface area contributed by atoms with Gasteiger partial charge in [0.05, 0.1) is 11.6 Å². The Labute approximate surface area is 223 Å². The van der Waals surface area contributed by atoms with Crippen LogP contribution < -0.4 is 5.32 Å². The van der Waals surface area contributed by atoms with Crippen LogP contribution >= 0.6 is 0 Å². The smallest absolute Gasteiger partial charge is 0.224 e. The number of carbonyl (C=O) groups is 1. The molecule has 0 atom stereocenters. The zero-order valence-corrected chi connectivity index (χ0v) is 21.6. The second kappa shape index (κ2) is 11.4. The average molecular weight is 514 g/mol. The van der Waals surface area contributed by atoms with Crippen LogP contribution in [0.2, 0.25) is 0 Å². The fourth-order valence-corrected chi connectivity index (χ4v) is 6.20. The van der Waals surface area contributed by atoms with Crippen molar-refractivity contribution in [2.45, 2.75) is 62.8 Å². The van der Waals surface area contributed by atoms with Crippen LogP contribution in [0.4, 0.5) is 14.5 Å². The van der Waals surface area contributed by atoms with Crippen LogP contribution in [0.15, 0.2) is 66.7 Å². The molecule has 0 unspecified atom stereocenters. The highest BCUT2D eigenvalue weighted by Gasteiger charge is 2.38. The van der Waals surface area contributed by atoms with Crippen molar-refractivity contribution in [3.05, 3.63) is 89.5 Å². The molecule has 1 amide bonds. The molecule has 5 rings (SSSR count). The monoisotopic (exact) mass is 513 g/mol. The number of carbonyl (C=O) groups excluding carboxylic acids is 1. The van der Waals surface area contributed by atoms with Gasteiger partial charge in [-0.05, 0) is 91.6 Å². The van der Waals surface area contributed by atoms with Gasteiger partial charge in [-0.2, -0.15) is 5.26 Å². The Balaban J connectivity index is 1.33. The molecule has 4 nitrogen and oxygen atoms in total. The Bertz CT molecular complexity index is 1320. The van der Waals surface area contributed by atoms with Crippen LogP contribution in [0.25, 0.3) is 11.1 Å². The number of amides is 1. The van der Waals surface area contributed by atoms with E-state index >= 15 is 0 Å². The number of piperidine rings is 1. The van der Waals surface area contributed by atoms with E-state index in [1.54, 1.807) is 6.07 Å². The minimum Gasteiger partial charge on any atom is -0.326 e. The number of nitrogens with zero attached hydrogens (tertiary/aromatic N) is 2. The maximum atomic E-state index is 13.6. The van der Waals surface area contributed by atoms with Gasteiger partial charge in [0.25, 0.3) is 0 Å². The summed E-state index contributed by atoms with van der Waals surface area (Å²) in [6.07, 6.45) is 8.12. The quantitative estimate of drug-likeness (QED) is 0.364. The molecule has 3 aromatic carbocycles. The molecular formula is C32H33F2N3O. The van der Waals surface area contributed by atoms with Crippen LogP contribution in [0, 0.1) is 23.0 Å². The van der Waals surface area contributed by atoms with Crippen LogP contribution in [-0.4, -0.2) is 29.9 Å². The Kier molecular flexibility index (Phi) is 7.85. The fraction of sp³-hybridized carbons (Fsp3) is 0.375. The van der Waals surface area contributed by atoms with Gasteiger partial charge in [-0.1, -0.05) is 49.2 Å². The number of nitriles is 1. The lowest BCUT2D eigenvalue weighted by molar-refractivity contribution is -0.116. The normalized spacial score (nSPS) is 17.7. The largest absolute Gasteiger partial charge is 0.326 e. The van der Waals surface area contributed by atoms with Crippen LogP contribution in [0.1, 0.15) is 62.5 Å². The van der Waals surface area contributed by atoms with Crippen LogP contribution in [0.5, 0.6) is 0 Å². The summed E-state index contributed by atoms with van der Waals surface area (Å²) in [6.45, 7) is 2.03. The van der Waals surface area contributed by atoms with Gasteiger partial charge in [0.15, 0.2) is 11.6 Å². The predicted molar refractivity (Wildman–Crippen MR) is 146 cm³/mol. The number of benzene rings is 3. The van der Waals surface area contributed by atoms with E-state index in [0.29, 0.717) is 24.4 Å². The number of hydrogen-bond donors (Lipinski definition) is 1. The first-order valence-corrected chi connectivity index (χ1v) is 13.6. The summed E-state index contributed by atoms with van der Waals surface area (Å²) in [4.78, 5) is 15.5. The lowest BCUT2D eigenvalue weighted by atomic mass is 9.69. The maximum absolute atomic E-state index is 13.6. The summed E-state index contributed by atoms with van der Waals surface area (Å²) >= 11 is 0. The molecule has 2 aliphatic rings. The van der Waals surface area contributed by atoms with Crippen molar-refractivity contribution in [3.8, 4) is 17.2 Å². The molecule has 1 saturated carbocycles. The summed E-state index contributed by atoms with van der Waals surface area (Å²) in [6, 6.07) is 22.5. The van der Waals surface area contributed by atoms with Crippen molar-refractivity contribution in [1.29, 1.82) is 5.26 Å². The highest BCUT2D eigenvalue weighted by molar-refractivity contribution is 5.90. The molecule has 1 heterocycles. The minimum absolute atomic E-state index is 0.131. The lowest BCUT2D eigenvalue weighted by Crippen LogP contribution is -2.46.